The maximum Gasteiger partial charge on any atom is 0.315 e. The molecule has 0 amide bonds. The Labute approximate surface area is 336 Å². The summed E-state index contributed by atoms with van der Waals surface area (Å²) in [7, 11) is 9.61. The number of ether oxygens (including phenoxy) is 8. The average Bonchev–Trinajstić information content (AvgIpc) is 3.24. The highest BCUT2D eigenvalue weighted by atomic mass is 16.5. The van der Waals surface area contributed by atoms with Gasteiger partial charge in [-0.3, -0.25) is 4.79 Å². The number of hydrogen-bond donors (Lipinski definition) is 0. The van der Waals surface area contributed by atoms with Crippen molar-refractivity contribution < 1.29 is 42.7 Å². The highest BCUT2D eigenvalue weighted by Gasteiger charge is 2.22. The molecule has 9 nitrogen and oxygen atoms in total. The number of fused-ring (bicyclic) bond motifs is 8. The monoisotopic (exact) mass is 776 g/mol. The lowest BCUT2D eigenvalue weighted by Crippen LogP contribution is -2.12. The van der Waals surface area contributed by atoms with Crippen LogP contribution in [0.15, 0.2) is 66.7 Å². The van der Waals surface area contributed by atoms with Crippen LogP contribution in [0, 0.1) is 0 Å². The van der Waals surface area contributed by atoms with E-state index in [1.807, 2.05) is 42.5 Å². The van der Waals surface area contributed by atoms with E-state index in [0.29, 0.717) is 46.9 Å². The fraction of sp³-hybridized carbons (Fsp3) is 0.396. The van der Waals surface area contributed by atoms with Crippen LogP contribution in [0.3, 0.4) is 0 Å². The summed E-state index contributed by atoms with van der Waals surface area (Å²) in [5.74, 6) is 4.14. The molecule has 57 heavy (non-hydrogen) atoms. The Morgan fingerprint density at radius 2 is 0.982 bits per heavy atom. The second-order valence-electron chi connectivity index (χ2n) is 14.4. The first-order chi connectivity index (χ1) is 27.9. The van der Waals surface area contributed by atoms with E-state index in [2.05, 4.69) is 19.1 Å². The highest BCUT2D eigenvalue weighted by molar-refractivity contribution is 6.33. The second-order valence-corrected chi connectivity index (χ2v) is 14.4. The fourth-order valence-corrected chi connectivity index (χ4v) is 7.79. The largest absolute Gasteiger partial charge is 0.494 e. The zero-order valence-corrected chi connectivity index (χ0v) is 34.5. The molecule has 0 unspecified atom stereocenters. The van der Waals surface area contributed by atoms with Gasteiger partial charge in [-0.1, -0.05) is 76.8 Å². The third-order valence-corrected chi connectivity index (χ3v) is 10.7. The van der Waals surface area contributed by atoms with Gasteiger partial charge in [0, 0.05) is 10.8 Å². The van der Waals surface area contributed by atoms with Gasteiger partial charge in [-0.15, -0.1) is 0 Å². The van der Waals surface area contributed by atoms with Gasteiger partial charge >= 0.3 is 5.97 Å². The fourth-order valence-electron chi connectivity index (χ4n) is 7.79. The van der Waals surface area contributed by atoms with Crippen molar-refractivity contribution in [1.29, 1.82) is 0 Å². The molecule has 9 heteroatoms. The Morgan fingerprint density at radius 3 is 1.61 bits per heavy atom. The molecule has 0 bridgehead atoms. The first-order valence-corrected chi connectivity index (χ1v) is 20.1. The van der Waals surface area contributed by atoms with Gasteiger partial charge in [-0.25, -0.2) is 0 Å². The summed E-state index contributed by atoms with van der Waals surface area (Å²) in [6, 6.07) is 21.3. The number of rotatable bonds is 21. The molecular formula is C48H56O9. The minimum absolute atomic E-state index is 0.00816. The molecule has 0 atom stereocenters. The van der Waals surface area contributed by atoms with Crippen molar-refractivity contribution in [2.45, 2.75) is 77.6 Å². The topological polar surface area (TPSA) is 90.9 Å². The van der Waals surface area contributed by atoms with Crippen LogP contribution in [-0.4, -0.2) is 55.2 Å². The average molecular weight is 777 g/mol. The quantitative estimate of drug-likeness (QED) is 0.0307. The van der Waals surface area contributed by atoms with Crippen LogP contribution < -0.4 is 37.9 Å². The molecule has 0 saturated carbocycles. The van der Waals surface area contributed by atoms with Gasteiger partial charge in [0.2, 0.25) is 0 Å². The van der Waals surface area contributed by atoms with Crippen LogP contribution >= 0.6 is 0 Å². The zero-order valence-electron chi connectivity index (χ0n) is 34.5. The molecule has 6 rings (SSSR count). The number of hydrogen-bond acceptors (Lipinski definition) is 9. The molecule has 0 aromatic heterocycles. The number of benzene rings is 6. The van der Waals surface area contributed by atoms with E-state index >= 15 is 0 Å². The Morgan fingerprint density at radius 1 is 0.456 bits per heavy atom. The predicted octanol–water partition coefficient (Wildman–Crippen LogP) is 11.8. The number of carbonyl (C=O) groups excluding carboxylic acids is 1. The highest BCUT2D eigenvalue weighted by Crippen LogP contribution is 2.49. The van der Waals surface area contributed by atoms with E-state index in [-0.39, 0.29) is 6.42 Å². The molecular weight excluding hydrogens is 721 g/mol. The van der Waals surface area contributed by atoms with Crippen molar-refractivity contribution in [1.82, 2.24) is 0 Å². The van der Waals surface area contributed by atoms with Crippen molar-refractivity contribution in [3.63, 3.8) is 0 Å². The molecule has 0 aliphatic rings. The number of esters is 1. The lowest BCUT2D eigenvalue weighted by Gasteiger charge is -2.20. The molecule has 6 aromatic carbocycles. The summed E-state index contributed by atoms with van der Waals surface area (Å²) in [6.07, 6.45) is 12.7. The van der Waals surface area contributed by atoms with Gasteiger partial charge in [0.15, 0.2) is 34.5 Å². The van der Waals surface area contributed by atoms with Crippen molar-refractivity contribution in [3.05, 3.63) is 72.3 Å². The van der Waals surface area contributed by atoms with E-state index < -0.39 is 5.97 Å². The van der Waals surface area contributed by atoms with Crippen LogP contribution in [0.25, 0.3) is 43.1 Å². The first kappa shape index (κ1) is 41.1. The summed E-state index contributed by atoms with van der Waals surface area (Å²) in [6.45, 7) is 2.90. The van der Waals surface area contributed by atoms with E-state index in [4.69, 9.17) is 37.9 Å². The van der Waals surface area contributed by atoms with E-state index in [1.165, 1.54) is 51.4 Å². The van der Waals surface area contributed by atoms with Gasteiger partial charge in [0.1, 0.15) is 11.5 Å². The molecule has 302 valence electrons. The third kappa shape index (κ3) is 9.19. The molecule has 0 spiro atoms. The Bertz CT molecular complexity index is 2330. The van der Waals surface area contributed by atoms with Crippen molar-refractivity contribution in [2.24, 2.45) is 0 Å². The number of carbonyl (C=O) groups is 1. The number of methoxy groups -OCH3 is 6. The van der Waals surface area contributed by atoms with Crippen molar-refractivity contribution in [3.8, 4) is 46.0 Å². The summed E-state index contributed by atoms with van der Waals surface area (Å²) >= 11 is 0. The van der Waals surface area contributed by atoms with Gasteiger partial charge in [-0.2, -0.15) is 0 Å². The van der Waals surface area contributed by atoms with Crippen LogP contribution in [-0.2, 0) is 11.2 Å². The minimum atomic E-state index is -0.437. The Hall–Kier alpha value is -5.57. The third-order valence-electron chi connectivity index (χ3n) is 10.7. The summed E-state index contributed by atoms with van der Waals surface area (Å²) < 4.78 is 46.8. The summed E-state index contributed by atoms with van der Waals surface area (Å²) in [5, 5.41) is 7.00. The smallest absolute Gasteiger partial charge is 0.315 e. The minimum Gasteiger partial charge on any atom is -0.494 e. The summed E-state index contributed by atoms with van der Waals surface area (Å²) in [5.41, 5.74) is 0.723. The van der Waals surface area contributed by atoms with Crippen LogP contribution in [0.2, 0.25) is 0 Å². The lowest BCUT2D eigenvalue weighted by molar-refractivity contribution is -0.133. The molecule has 0 fully saturated rings. The Kier molecular flexibility index (Phi) is 14.1. The van der Waals surface area contributed by atoms with Gasteiger partial charge < -0.3 is 37.9 Å². The predicted molar refractivity (Wildman–Crippen MR) is 229 cm³/mol. The standard InChI is InChI=1S/C48H56O9/c1-8-9-10-11-12-13-14-15-16-17-22-56-33-19-20-34-36(27-33)37-29-43(54-6)44(55-7)30-38(37)48-45(26-32-25-41(52-4)42(53-5)28-35(32)47(34)48)57-46(49)24-31-18-21-39(50-2)40(23-31)51-3/h18-21,23,25-30H,8-17,22,24H2,1-7H3. The van der Waals surface area contributed by atoms with Crippen molar-refractivity contribution in [2.75, 3.05) is 49.3 Å². The van der Waals surface area contributed by atoms with Crippen LogP contribution in [0.1, 0.15) is 76.7 Å². The molecule has 0 aliphatic heterocycles. The maximum absolute atomic E-state index is 13.9. The Balaban J connectivity index is 1.43. The van der Waals surface area contributed by atoms with Gasteiger partial charge in [-0.05, 0) is 98.9 Å². The van der Waals surface area contributed by atoms with Crippen LogP contribution in [0.5, 0.6) is 46.0 Å². The molecule has 0 N–H and O–H groups in total. The molecule has 6 aromatic rings. The van der Waals surface area contributed by atoms with Crippen LogP contribution in [0.4, 0.5) is 0 Å². The maximum atomic E-state index is 13.9. The van der Waals surface area contributed by atoms with E-state index in [0.717, 1.165) is 67.2 Å². The number of unbranched alkanes of at least 4 members (excludes halogenated alkanes) is 9. The van der Waals surface area contributed by atoms with E-state index in [1.54, 1.807) is 54.8 Å². The molecule has 0 radical (unpaired) electrons. The van der Waals surface area contributed by atoms with Crippen molar-refractivity contribution >= 4 is 49.1 Å². The van der Waals surface area contributed by atoms with Gasteiger partial charge in [0.05, 0.1) is 55.7 Å². The normalized spacial score (nSPS) is 11.3. The molecule has 0 heterocycles. The first-order valence-electron chi connectivity index (χ1n) is 20.1. The van der Waals surface area contributed by atoms with E-state index in [9.17, 15) is 4.79 Å². The SMILES string of the molecule is CCCCCCCCCCCCOc1ccc2c(c1)c1cc(OC)c(OC)cc1c1c(OC(=O)Cc3ccc(OC)c(OC)c3)cc3cc(OC)c(OC)cc3c21. The molecule has 0 saturated heterocycles. The summed E-state index contributed by atoms with van der Waals surface area (Å²) in [4.78, 5) is 13.9. The van der Waals surface area contributed by atoms with Gasteiger partial charge in [0.25, 0.3) is 0 Å². The zero-order chi connectivity index (χ0) is 40.3. The second kappa shape index (κ2) is 19.5. The molecule has 0 aliphatic carbocycles. The lowest BCUT2D eigenvalue weighted by atomic mass is 9.89.